The summed E-state index contributed by atoms with van der Waals surface area (Å²) in [6, 6.07) is 7.94. The van der Waals surface area contributed by atoms with Crippen LogP contribution in [0.3, 0.4) is 0 Å². The fraction of sp³-hybridized carbons (Fsp3) is 0.619. The highest BCUT2D eigenvalue weighted by Gasteiger charge is 2.30. The number of morpholine rings is 1. The predicted molar refractivity (Wildman–Crippen MR) is 108 cm³/mol. The van der Waals surface area contributed by atoms with Gasteiger partial charge in [0.1, 0.15) is 0 Å². The molecule has 1 saturated heterocycles. The van der Waals surface area contributed by atoms with Gasteiger partial charge in [-0.2, -0.15) is 0 Å². The Kier molecular flexibility index (Phi) is 7.68. The van der Waals surface area contributed by atoms with Crippen molar-refractivity contribution in [3.63, 3.8) is 0 Å². The van der Waals surface area contributed by atoms with Crippen LogP contribution in [0.5, 0.6) is 0 Å². The highest BCUT2D eigenvalue weighted by Crippen LogP contribution is 2.32. The first-order valence-corrected chi connectivity index (χ1v) is 10.2. The summed E-state index contributed by atoms with van der Waals surface area (Å²) in [7, 11) is 1.62. The van der Waals surface area contributed by atoms with Crippen LogP contribution in [-0.2, 0) is 19.1 Å². The lowest BCUT2D eigenvalue weighted by molar-refractivity contribution is -0.128. The number of carbonyl (C=O) groups is 2. The molecule has 7 heteroatoms. The summed E-state index contributed by atoms with van der Waals surface area (Å²) in [5.74, 6) is 0.0924. The Labute approximate surface area is 166 Å². The van der Waals surface area contributed by atoms with Crippen LogP contribution in [0.2, 0.25) is 0 Å². The van der Waals surface area contributed by atoms with Gasteiger partial charge in [0.15, 0.2) is 0 Å². The first-order valence-electron chi connectivity index (χ1n) is 10.2. The minimum absolute atomic E-state index is 0.00143. The van der Waals surface area contributed by atoms with Crippen molar-refractivity contribution in [3.8, 4) is 0 Å². The maximum atomic E-state index is 12.8. The third-order valence-corrected chi connectivity index (χ3v) is 5.59. The van der Waals surface area contributed by atoms with Crippen molar-refractivity contribution in [1.29, 1.82) is 0 Å². The molecule has 3 rings (SSSR count). The molecule has 1 aromatic rings. The smallest absolute Gasteiger partial charge is 0.227 e. The number of ether oxygens (including phenoxy) is 2. The van der Waals surface area contributed by atoms with Crippen LogP contribution in [0.4, 0.5) is 11.4 Å². The van der Waals surface area contributed by atoms with Crippen molar-refractivity contribution in [2.45, 2.75) is 25.7 Å². The average Bonchev–Trinajstić information content (AvgIpc) is 2.75. The number of amides is 2. The number of carbonyl (C=O) groups excluding carboxylic acids is 2. The van der Waals surface area contributed by atoms with Crippen LogP contribution in [0.15, 0.2) is 24.3 Å². The molecule has 1 aliphatic heterocycles. The summed E-state index contributed by atoms with van der Waals surface area (Å²) >= 11 is 0. The van der Waals surface area contributed by atoms with Gasteiger partial charge in [0.25, 0.3) is 0 Å². The molecule has 1 heterocycles. The van der Waals surface area contributed by atoms with E-state index in [1.165, 1.54) is 0 Å². The Hall–Kier alpha value is -2.12. The van der Waals surface area contributed by atoms with E-state index in [0.717, 1.165) is 50.1 Å². The number of benzene rings is 1. The van der Waals surface area contributed by atoms with Crippen molar-refractivity contribution in [2.75, 3.05) is 56.8 Å². The molecular weight excluding hydrogens is 358 g/mol. The second-order valence-corrected chi connectivity index (χ2v) is 7.44. The van der Waals surface area contributed by atoms with Gasteiger partial charge >= 0.3 is 0 Å². The van der Waals surface area contributed by atoms with Gasteiger partial charge in [-0.1, -0.05) is 12.1 Å². The van der Waals surface area contributed by atoms with Crippen LogP contribution < -0.4 is 15.5 Å². The van der Waals surface area contributed by atoms with Gasteiger partial charge in [0.05, 0.1) is 31.2 Å². The van der Waals surface area contributed by atoms with E-state index < -0.39 is 0 Å². The van der Waals surface area contributed by atoms with Gasteiger partial charge < -0.3 is 25.0 Å². The summed E-state index contributed by atoms with van der Waals surface area (Å²) in [6.07, 6.45) is 2.99. The van der Waals surface area contributed by atoms with Crippen LogP contribution in [0.25, 0.3) is 0 Å². The zero-order valence-corrected chi connectivity index (χ0v) is 16.6. The second-order valence-electron chi connectivity index (χ2n) is 7.44. The molecule has 1 aromatic carbocycles. The molecule has 154 valence electrons. The molecule has 2 aliphatic rings. The molecule has 0 aromatic heterocycles. The number of hydrogen-bond acceptors (Lipinski definition) is 5. The zero-order chi connectivity index (χ0) is 19.8. The molecule has 0 radical (unpaired) electrons. The summed E-state index contributed by atoms with van der Waals surface area (Å²) in [5.41, 5.74) is 1.90. The molecule has 2 N–H and O–H groups in total. The highest BCUT2D eigenvalue weighted by atomic mass is 16.5. The monoisotopic (exact) mass is 389 g/mol. The largest absolute Gasteiger partial charge is 0.383 e. The number of nitrogens with zero attached hydrogens (tertiary/aromatic N) is 1. The van der Waals surface area contributed by atoms with Crippen molar-refractivity contribution < 1.29 is 19.1 Å². The normalized spacial score (nSPS) is 22.5. The number of nitrogens with one attached hydrogen (secondary N) is 2. The van der Waals surface area contributed by atoms with E-state index in [9.17, 15) is 9.59 Å². The van der Waals surface area contributed by atoms with Crippen LogP contribution >= 0.6 is 0 Å². The number of rotatable bonds is 7. The van der Waals surface area contributed by atoms with Crippen molar-refractivity contribution >= 4 is 23.2 Å². The fourth-order valence-corrected chi connectivity index (χ4v) is 3.93. The Balaban J connectivity index is 1.52. The topological polar surface area (TPSA) is 79.9 Å². The summed E-state index contributed by atoms with van der Waals surface area (Å²) in [5, 5.41) is 6.03. The van der Waals surface area contributed by atoms with Crippen LogP contribution in [-0.4, -0.2) is 58.4 Å². The number of methoxy groups -OCH3 is 1. The number of hydrogen-bond donors (Lipinski definition) is 2. The molecule has 1 aliphatic carbocycles. The zero-order valence-electron chi connectivity index (χ0n) is 16.6. The van der Waals surface area contributed by atoms with Crippen LogP contribution in [0, 0.1) is 11.8 Å². The van der Waals surface area contributed by atoms with Gasteiger partial charge in [0.2, 0.25) is 11.8 Å². The van der Waals surface area contributed by atoms with E-state index in [0.29, 0.717) is 26.4 Å². The second kappa shape index (κ2) is 10.4. The van der Waals surface area contributed by atoms with Crippen molar-refractivity contribution in [1.82, 2.24) is 5.32 Å². The number of anilines is 2. The maximum Gasteiger partial charge on any atom is 0.227 e. The third kappa shape index (κ3) is 5.45. The van der Waals surface area contributed by atoms with E-state index in [1.54, 1.807) is 7.11 Å². The van der Waals surface area contributed by atoms with Gasteiger partial charge in [-0.05, 0) is 37.8 Å². The molecule has 28 heavy (non-hydrogen) atoms. The lowest BCUT2D eigenvalue weighted by Crippen LogP contribution is -2.38. The lowest BCUT2D eigenvalue weighted by Gasteiger charge is -2.31. The molecule has 0 atom stereocenters. The SMILES string of the molecule is COCCNC(=O)C1CCC(C(=O)Nc2ccccc2N2CCOCC2)CC1. The van der Waals surface area contributed by atoms with E-state index >= 15 is 0 Å². The molecule has 0 spiro atoms. The lowest BCUT2D eigenvalue weighted by atomic mass is 9.81. The molecular formula is C21H31N3O4. The van der Waals surface area contributed by atoms with Crippen molar-refractivity contribution in [3.05, 3.63) is 24.3 Å². The van der Waals surface area contributed by atoms with Gasteiger partial charge in [0, 0.05) is 38.6 Å². The van der Waals surface area contributed by atoms with Crippen molar-refractivity contribution in [2.24, 2.45) is 11.8 Å². The maximum absolute atomic E-state index is 12.8. The predicted octanol–water partition coefficient (Wildman–Crippen LogP) is 2.03. The fourth-order valence-electron chi connectivity index (χ4n) is 3.93. The van der Waals surface area contributed by atoms with E-state index in [-0.39, 0.29) is 23.7 Å². The number of para-hydroxylation sites is 2. The molecule has 1 saturated carbocycles. The Bertz CT molecular complexity index is 653. The first-order chi connectivity index (χ1) is 13.7. The molecule has 2 amide bonds. The van der Waals surface area contributed by atoms with Gasteiger partial charge in [-0.25, -0.2) is 0 Å². The average molecular weight is 389 g/mol. The van der Waals surface area contributed by atoms with E-state index in [1.807, 2.05) is 24.3 Å². The van der Waals surface area contributed by atoms with E-state index in [4.69, 9.17) is 9.47 Å². The molecule has 0 unspecified atom stereocenters. The minimum atomic E-state index is -0.0410. The van der Waals surface area contributed by atoms with Gasteiger partial charge in [-0.3, -0.25) is 9.59 Å². The van der Waals surface area contributed by atoms with Crippen LogP contribution in [0.1, 0.15) is 25.7 Å². The summed E-state index contributed by atoms with van der Waals surface area (Å²) in [4.78, 5) is 27.2. The first kappa shape index (κ1) is 20.6. The standard InChI is InChI=1S/C21H31N3O4/c1-27-13-10-22-20(25)16-6-8-17(9-7-16)21(26)23-18-4-2-3-5-19(18)24-11-14-28-15-12-24/h2-5,16-17H,6-15H2,1H3,(H,22,25)(H,23,26). The summed E-state index contributed by atoms with van der Waals surface area (Å²) in [6.45, 7) is 4.13. The quantitative estimate of drug-likeness (QED) is 0.698. The highest BCUT2D eigenvalue weighted by molar-refractivity contribution is 5.96. The minimum Gasteiger partial charge on any atom is -0.383 e. The molecule has 2 fully saturated rings. The van der Waals surface area contributed by atoms with Gasteiger partial charge in [-0.15, -0.1) is 0 Å². The Morgan fingerprint density at radius 2 is 1.71 bits per heavy atom. The van der Waals surface area contributed by atoms with E-state index in [2.05, 4.69) is 15.5 Å². The Morgan fingerprint density at radius 1 is 1.07 bits per heavy atom. The third-order valence-electron chi connectivity index (χ3n) is 5.59. The summed E-state index contributed by atoms with van der Waals surface area (Å²) < 4.78 is 10.4. The molecule has 0 bridgehead atoms. The Morgan fingerprint density at radius 3 is 2.39 bits per heavy atom. The molecule has 7 nitrogen and oxygen atoms in total.